The van der Waals surface area contributed by atoms with Crippen molar-refractivity contribution >= 4 is 23.5 Å². The van der Waals surface area contributed by atoms with E-state index in [1.54, 1.807) is 0 Å². The number of rotatable bonds is 0. The minimum atomic E-state index is 1.01. The summed E-state index contributed by atoms with van der Waals surface area (Å²) in [6.45, 7) is 0. The van der Waals surface area contributed by atoms with E-state index in [1.165, 1.54) is 5.39 Å². The van der Waals surface area contributed by atoms with Crippen LogP contribution in [-0.4, -0.2) is 4.98 Å². The molecule has 2 aromatic rings. The van der Waals surface area contributed by atoms with E-state index in [1.807, 2.05) is 30.5 Å². The van der Waals surface area contributed by atoms with Crippen LogP contribution in [0.25, 0.3) is 10.9 Å². The van der Waals surface area contributed by atoms with Crippen molar-refractivity contribution < 1.29 is 0 Å². The molecule has 1 aromatic carbocycles. The molecule has 1 N–H and O–H groups in total. The molecule has 0 atom stereocenters. The lowest BCUT2D eigenvalue weighted by Gasteiger charge is -1.89. The van der Waals surface area contributed by atoms with Crippen LogP contribution < -0.4 is 0 Å². The number of H-pyrrole nitrogens is 1. The van der Waals surface area contributed by atoms with Gasteiger partial charge in [-0.25, -0.2) is 0 Å². The number of hydrogen-bond donors (Lipinski definition) is 2. The number of benzene rings is 1. The fourth-order valence-electron chi connectivity index (χ4n) is 1.04. The second kappa shape index (κ2) is 2.06. The van der Waals surface area contributed by atoms with Gasteiger partial charge in [-0.15, -0.1) is 12.6 Å². The Morgan fingerprint density at radius 1 is 1.20 bits per heavy atom. The van der Waals surface area contributed by atoms with E-state index in [9.17, 15) is 0 Å². The average molecular weight is 149 g/mol. The van der Waals surface area contributed by atoms with Gasteiger partial charge in [-0.3, -0.25) is 0 Å². The zero-order valence-corrected chi connectivity index (χ0v) is 6.23. The van der Waals surface area contributed by atoms with E-state index in [0.29, 0.717) is 0 Å². The molecule has 0 aliphatic carbocycles. The summed E-state index contributed by atoms with van der Waals surface area (Å²) in [5.74, 6) is 0. The highest BCUT2D eigenvalue weighted by Crippen LogP contribution is 2.15. The number of aromatic nitrogens is 1. The van der Waals surface area contributed by atoms with Gasteiger partial charge in [0.05, 0.1) is 0 Å². The molecule has 0 spiro atoms. The summed E-state index contributed by atoms with van der Waals surface area (Å²) in [6, 6.07) is 8.07. The molecule has 50 valence electrons. The molecule has 0 radical (unpaired) electrons. The zero-order valence-electron chi connectivity index (χ0n) is 5.33. The molecule has 1 heterocycles. The molecule has 0 saturated carbocycles. The van der Waals surface area contributed by atoms with Gasteiger partial charge in [-0.05, 0) is 24.3 Å². The van der Waals surface area contributed by atoms with Gasteiger partial charge >= 0.3 is 0 Å². The first-order valence-electron chi connectivity index (χ1n) is 3.12. The molecule has 2 rings (SSSR count). The van der Waals surface area contributed by atoms with E-state index >= 15 is 0 Å². The summed E-state index contributed by atoms with van der Waals surface area (Å²) >= 11 is 4.22. The van der Waals surface area contributed by atoms with Crippen LogP contribution in [0, 0.1) is 0 Å². The van der Waals surface area contributed by atoms with Crippen molar-refractivity contribution in [1.29, 1.82) is 0 Å². The normalized spacial score (nSPS) is 10.5. The van der Waals surface area contributed by atoms with E-state index in [0.717, 1.165) is 10.4 Å². The Labute approximate surface area is 64.5 Å². The van der Waals surface area contributed by atoms with E-state index < -0.39 is 0 Å². The highest BCUT2D eigenvalue weighted by Gasteiger charge is 1.91. The van der Waals surface area contributed by atoms with Crippen molar-refractivity contribution in [2.75, 3.05) is 0 Å². The largest absolute Gasteiger partial charge is 0.361 e. The lowest BCUT2D eigenvalue weighted by molar-refractivity contribution is 1.46. The maximum atomic E-state index is 4.22. The SMILES string of the molecule is Sc1ccc2[nH]ccc2c1. The number of hydrogen-bond acceptors (Lipinski definition) is 1. The predicted molar refractivity (Wildman–Crippen MR) is 45.6 cm³/mol. The highest BCUT2D eigenvalue weighted by molar-refractivity contribution is 7.80. The molecule has 0 fully saturated rings. The first-order valence-corrected chi connectivity index (χ1v) is 3.57. The Morgan fingerprint density at radius 3 is 3.00 bits per heavy atom. The van der Waals surface area contributed by atoms with Gasteiger partial charge in [0.25, 0.3) is 0 Å². The van der Waals surface area contributed by atoms with Gasteiger partial charge in [0.15, 0.2) is 0 Å². The maximum Gasteiger partial charge on any atom is 0.0454 e. The summed E-state index contributed by atoms with van der Waals surface area (Å²) in [4.78, 5) is 4.12. The first-order chi connectivity index (χ1) is 4.86. The first kappa shape index (κ1) is 5.86. The summed E-state index contributed by atoms with van der Waals surface area (Å²) in [7, 11) is 0. The molecule has 2 heteroatoms. The van der Waals surface area contributed by atoms with Crippen LogP contribution in [0.2, 0.25) is 0 Å². The standard InChI is InChI=1S/C8H7NS/c10-7-1-2-8-6(5-7)3-4-9-8/h1-5,9-10H. The van der Waals surface area contributed by atoms with E-state index in [4.69, 9.17) is 0 Å². The minimum absolute atomic E-state index is 1.01. The van der Waals surface area contributed by atoms with Gasteiger partial charge < -0.3 is 4.98 Å². The molecular weight excluding hydrogens is 142 g/mol. The Bertz CT molecular complexity index is 351. The maximum absolute atomic E-state index is 4.22. The molecule has 0 bridgehead atoms. The molecule has 0 aliphatic rings. The van der Waals surface area contributed by atoms with Gasteiger partial charge in [0.1, 0.15) is 0 Å². The molecule has 1 nitrogen and oxygen atoms in total. The zero-order chi connectivity index (χ0) is 6.97. The minimum Gasteiger partial charge on any atom is -0.361 e. The Morgan fingerprint density at radius 2 is 2.10 bits per heavy atom. The molecule has 0 saturated heterocycles. The van der Waals surface area contributed by atoms with Crippen LogP contribution >= 0.6 is 12.6 Å². The average Bonchev–Trinajstić information content (AvgIpc) is 2.33. The fraction of sp³-hybridized carbons (Fsp3) is 0. The number of nitrogens with one attached hydrogen (secondary N) is 1. The van der Waals surface area contributed by atoms with Crippen molar-refractivity contribution in [3.05, 3.63) is 30.5 Å². The van der Waals surface area contributed by atoms with Crippen LogP contribution in [0.15, 0.2) is 35.4 Å². The Kier molecular flexibility index (Phi) is 1.21. The third kappa shape index (κ3) is 0.809. The molecule has 1 aromatic heterocycles. The van der Waals surface area contributed by atoms with Crippen molar-refractivity contribution in [2.45, 2.75) is 4.90 Å². The third-order valence-corrected chi connectivity index (χ3v) is 1.82. The smallest absolute Gasteiger partial charge is 0.0454 e. The molecule has 0 amide bonds. The van der Waals surface area contributed by atoms with Gasteiger partial charge in [-0.2, -0.15) is 0 Å². The van der Waals surface area contributed by atoms with Crippen LogP contribution in [0.1, 0.15) is 0 Å². The summed E-state index contributed by atoms with van der Waals surface area (Å²) in [5.41, 5.74) is 1.16. The monoisotopic (exact) mass is 149 g/mol. The number of aromatic amines is 1. The van der Waals surface area contributed by atoms with Crippen molar-refractivity contribution in [3.63, 3.8) is 0 Å². The lowest BCUT2D eigenvalue weighted by Crippen LogP contribution is -1.66. The molecule has 0 aliphatic heterocycles. The number of fused-ring (bicyclic) bond motifs is 1. The topological polar surface area (TPSA) is 15.8 Å². The summed E-state index contributed by atoms with van der Waals surface area (Å²) in [6.07, 6.45) is 1.93. The lowest BCUT2D eigenvalue weighted by atomic mass is 10.2. The third-order valence-electron chi connectivity index (χ3n) is 1.54. The van der Waals surface area contributed by atoms with E-state index in [-0.39, 0.29) is 0 Å². The van der Waals surface area contributed by atoms with Crippen molar-refractivity contribution in [1.82, 2.24) is 4.98 Å². The van der Waals surface area contributed by atoms with Gasteiger partial charge in [-0.1, -0.05) is 0 Å². The van der Waals surface area contributed by atoms with Crippen LogP contribution in [-0.2, 0) is 0 Å². The Hall–Kier alpha value is -0.890. The van der Waals surface area contributed by atoms with Crippen LogP contribution in [0.5, 0.6) is 0 Å². The highest BCUT2D eigenvalue weighted by atomic mass is 32.1. The van der Waals surface area contributed by atoms with Crippen molar-refractivity contribution in [3.8, 4) is 0 Å². The molecule has 0 unspecified atom stereocenters. The summed E-state index contributed by atoms with van der Waals surface area (Å²) < 4.78 is 0. The van der Waals surface area contributed by atoms with Crippen LogP contribution in [0.3, 0.4) is 0 Å². The fourth-order valence-corrected chi connectivity index (χ4v) is 1.25. The van der Waals surface area contributed by atoms with E-state index in [2.05, 4.69) is 17.6 Å². The second-order valence-electron chi connectivity index (χ2n) is 2.25. The quantitative estimate of drug-likeness (QED) is 0.535. The summed E-state index contributed by atoms with van der Waals surface area (Å²) in [5, 5.41) is 1.22. The number of thiol groups is 1. The van der Waals surface area contributed by atoms with Gasteiger partial charge in [0, 0.05) is 22.0 Å². The van der Waals surface area contributed by atoms with Crippen molar-refractivity contribution in [2.24, 2.45) is 0 Å². The second-order valence-corrected chi connectivity index (χ2v) is 2.77. The molecule has 10 heavy (non-hydrogen) atoms. The molecular formula is C8H7NS. The Balaban J connectivity index is 2.86. The van der Waals surface area contributed by atoms with Crippen LogP contribution in [0.4, 0.5) is 0 Å². The van der Waals surface area contributed by atoms with Gasteiger partial charge in [0.2, 0.25) is 0 Å². The predicted octanol–water partition coefficient (Wildman–Crippen LogP) is 2.46.